The number of rotatable bonds is 5. The predicted molar refractivity (Wildman–Crippen MR) is 79.5 cm³/mol. The highest BCUT2D eigenvalue weighted by molar-refractivity contribution is 7.10. The topological polar surface area (TPSA) is 30.5 Å². The maximum atomic E-state index is 5.33. The highest BCUT2D eigenvalue weighted by Crippen LogP contribution is 2.32. The van der Waals surface area contributed by atoms with Crippen LogP contribution in [-0.2, 0) is 0 Å². The summed E-state index contributed by atoms with van der Waals surface area (Å²) in [5, 5.41) is 5.48. The molecule has 0 amide bonds. The van der Waals surface area contributed by atoms with E-state index in [4.69, 9.17) is 9.47 Å². The number of thiophene rings is 1. The van der Waals surface area contributed by atoms with Crippen LogP contribution in [0.15, 0.2) is 29.6 Å². The van der Waals surface area contributed by atoms with E-state index in [0.29, 0.717) is 0 Å². The van der Waals surface area contributed by atoms with Gasteiger partial charge in [0, 0.05) is 10.9 Å². The largest absolute Gasteiger partial charge is 0.497 e. The zero-order valence-electron chi connectivity index (χ0n) is 11.7. The summed E-state index contributed by atoms with van der Waals surface area (Å²) >= 11 is 1.76. The number of benzene rings is 1. The van der Waals surface area contributed by atoms with Crippen LogP contribution in [0.5, 0.6) is 11.5 Å². The molecule has 1 heterocycles. The fraction of sp³-hybridized carbons (Fsp3) is 0.333. The molecule has 3 nitrogen and oxygen atoms in total. The summed E-state index contributed by atoms with van der Waals surface area (Å²) < 4.78 is 10.7. The Morgan fingerprint density at radius 1 is 1.11 bits per heavy atom. The second kappa shape index (κ2) is 6.08. The molecule has 1 aromatic heterocycles. The average Bonchev–Trinajstić information content (AvgIpc) is 2.85. The molecule has 0 fully saturated rings. The third kappa shape index (κ3) is 2.91. The van der Waals surface area contributed by atoms with Crippen molar-refractivity contribution in [3.63, 3.8) is 0 Å². The summed E-state index contributed by atoms with van der Waals surface area (Å²) in [7, 11) is 5.30. The summed E-state index contributed by atoms with van der Waals surface area (Å²) in [6.45, 7) is 2.14. The van der Waals surface area contributed by atoms with E-state index in [-0.39, 0.29) is 6.04 Å². The van der Waals surface area contributed by atoms with E-state index in [0.717, 1.165) is 17.1 Å². The van der Waals surface area contributed by atoms with Crippen LogP contribution < -0.4 is 14.8 Å². The Kier molecular flexibility index (Phi) is 4.45. The normalized spacial score (nSPS) is 12.2. The summed E-state index contributed by atoms with van der Waals surface area (Å²) in [5.41, 5.74) is 2.43. The van der Waals surface area contributed by atoms with Crippen molar-refractivity contribution in [2.24, 2.45) is 0 Å². The third-order valence-electron chi connectivity index (χ3n) is 3.21. The molecule has 2 aromatic rings. The monoisotopic (exact) mass is 277 g/mol. The number of methoxy groups -OCH3 is 2. The van der Waals surface area contributed by atoms with Gasteiger partial charge in [-0.15, -0.1) is 11.3 Å². The van der Waals surface area contributed by atoms with Gasteiger partial charge in [0.1, 0.15) is 11.5 Å². The van der Waals surface area contributed by atoms with Crippen LogP contribution in [0.4, 0.5) is 0 Å². The van der Waals surface area contributed by atoms with Crippen molar-refractivity contribution in [2.75, 3.05) is 21.3 Å². The molecule has 0 aliphatic heterocycles. The van der Waals surface area contributed by atoms with Crippen LogP contribution in [0.2, 0.25) is 0 Å². The zero-order chi connectivity index (χ0) is 13.8. The van der Waals surface area contributed by atoms with Crippen molar-refractivity contribution in [1.29, 1.82) is 0 Å². The Hall–Kier alpha value is -1.52. The molecule has 102 valence electrons. The first-order chi connectivity index (χ1) is 9.19. The van der Waals surface area contributed by atoms with E-state index < -0.39 is 0 Å². The maximum absolute atomic E-state index is 5.33. The van der Waals surface area contributed by atoms with Crippen molar-refractivity contribution < 1.29 is 9.47 Å². The lowest BCUT2D eigenvalue weighted by Crippen LogP contribution is -2.18. The predicted octanol–water partition coefficient (Wildman–Crippen LogP) is 3.38. The van der Waals surface area contributed by atoms with Gasteiger partial charge in [-0.25, -0.2) is 0 Å². The first kappa shape index (κ1) is 13.9. The first-order valence-electron chi connectivity index (χ1n) is 6.13. The molecule has 1 N–H and O–H groups in total. The number of nitrogens with one attached hydrogen (secondary N) is 1. The van der Waals surface area contributed by atoms with Gasteiger partial charge in [0.25, 0.3) is 0 Å². The SMILES string of the molecule is CNC(c1cc(OC)cc(OC)c1)c1ccsc1C. The Bertz CT molecular complexity index is 529. The maximum Gasteiger partial charge on any atom is 0.122 e. The van der Waals surface area contributed by atoms with E-state index >= 15 is 0 Å². The van der Waals surface area contributed by atoms with Crippen LogP contribution in [0.1, 0.15) is 22.0 Å². The van der Waals surface area contributed by atoms with E-state index in [1.165, 1.54) is 10.4 Å². The summed E-state index contributed by atoms with van der Waals surface area (Å²) in [6, 6.07) is 8.28. The molecule has 0 aliphatic carbocycles. The molecule has 1 aromatic carbocycles. The highest BCUT2D eigenvalue weighted by Gasteiger charge is 2.17. The molecule has 0 bridgehead atoms. The van der Waals surface area contributed by atoms with Crippen LogP contribution in [0.25, 0.3) is 0 Å². The van der Waals surface area contributed by atoms with Gasteiger partial charge >= 0.3 is 0 Å². The smallest absolute Gasteiger partial charge is 0.122 e. The highest BCUT2D eigenvalue weighted by atomic mass is 32.1. The molecule has 1 atom stereocenters. The lowest BCUT2D eigenvalue weighted by Gasteiger charge is -2.18. The van der Waals surface area contributed by atoms with Crippen LogP contribution in [0.3, 0.4) is 0 Å². The summed E-state index contributed by atoms with van der Waals surface area (Å²) in [6.07, 6.45) is 0. The Labute approximate surface area is 118 Å². The molecule has 2 rings (SSSR count). The molecule has 0 spiro atoms. The van der Waals surface area contributed by atoms with Crippen molar-refractivity contribution >= 4 is 11.3 Å². The summed E-state index contributed by atoms with van der Waals surface area (Å²) in [5.74, 6) is 1.62. The molecule has 0 radical (unpaired) electrons. The van der Waals surface area contributed by atoms with Gasteiger partial charge in [0.05, 0.1) is 20.3 Å². The van der Waals surface area contributed by atoms with Gasteiger partial charge in [-0.1, -0.05) is 0 Å². The lowest BCUT2D eigenvalue weighted by atomic mass is 9.99. The summed E-state index contributed by atoms with van der Waals surface area (Å²) in [4.78, 5) is 1.32. The van der Waals surface area contributed by atoms with Gasteiger partial charge in [0.2, 0.25) is 0 Å². The van der Waals surface area contributed by atoms with E-state index in [2.05, 4.69) is 23.7 Å². The van der Waals surface area contributed by atoms with Gasteiger partial charge in [0.15, 0.2) is 0 Å². The lowest BCUT2D eigenvalue weighted by molar-refractivity contribution is 0.392. The molecule has 1 unspecified atom stereocenters. The number of hydrogen-bond acceptors (Lipinski definition) is 4. The van der Waals surface area contributed by atoms with E-state index in [1.54, 1.807) is 25.6 Å². The van der Waals surface area contributed by atoms with Gasteiger partial charge in [-0.05, 0) is 48.7 Å². The third-order valence-corrected chi connectivity index (χ3v) is 4.07. The van der Waals surface area contributed by atoms with Crippen LogP contribution >= 0.6 is 11.3 Å². The number of aryl methyl sites for hydroxylation is 1. The quantitative estimate of drug-likeness (QED) is 0.909. The Balaban J connectivity index is 2.46. The minimum atomic E-state index is 0.148. The van der Waals surface area contributed by atoms with E-state index in [1.807, 2.05) is 25.2 Å². The second-order valence-electron chi connectivity index (χ2n) is 4.30. The number of hydrogen-bond donors (Lipinski definition) is 1. The molecule has 0 aliphatic rings. The number of ether oxygens (including phenoxy) is 2. The Morgan fingerprint density at radius 3 is 2.16 bits per heavy atom. The van der Waals surface area contributed by atoms with E-state index in [9.17, 15) is 0 Å². The van der Waals surface area contributed by atoms with Gasteiger partial charge < -0.3 is 14.8 Å². The molecular weight excluding hydrogens is 258 g/mol. The average molecular weight is 277 g/mol. The minimum absolute atomic E-state index is 0.148. The fourth-order valence-corrected chi connectivity index (χ4v) is 2.93. The molecular formula is C15H19NO2S. The van der Waals surface area contributed by atoms with Gasteiger partial charge in [-0.2, -0.15) is 0 Å². The van der Waals surface area contributed by atoms with Gasteiger partial charge in [-0.3, -0.25) is 0 Å². The second-order valence-corrected chi connectivity index (χ2v) is 5.42. The van der Waals surface area contributed by atoms with Crippen molar-refractivity contribution in [2.45, 2.75) is 13.0 Å². The standard InChI is InChI=1S/C15H19NO2S/c1-10-14(5-6-19-10)15(16-2)11-7-12(17-3)9-13(8-11)18-4/h5-9,15-16H,1-4H3. The Morgan fingerprint density at radius 2 is 1.74 bits per heavy atom. The first-order valence-corrected chi connectivity index (χ1v) is 7.01. The molecule has 0 saturated heterocycles. The molecule has 4 heteroatoms. The zero-order valence-corrected chi connectivity index (χ0v) is 12.5. The molecule has 0 saturated carbocycles. The van der Waals surface area contributed by atoms with Crippen molar-refractivity contribution in [1.82, 2.24) is 5.32 Å². The van der Waals surface area contributed by atoms with Crippen molar-refractivity contribution in [3.05, 3.63) is 45.6 Å². The minimum Gasteiger partial charge on any atom is -0.497 e. The van der Waals surface area contributed by atoms with Crippen molar-refractivity contribution in [3.8, 4) is 11.5 Å². The molecule has 19 heavy (non-hydrogen) atoms. The fourth-order valence-electron chi connectivity index (χ4n) is 2.19. The van der Waals surface area contributed by atoms with Crippen LogP contribution in [0, 0.1) is 6.92 Å². The van der Waals surface area contributed by atoms with Crippen LogP contribution in [-0.4, -0.2) is 21.3 Å².